The summed E-state index contributed by atoms with van der Waals surface area (Å²) in [5.41, 5.74) is 3.00. The molecule has 0 radical (unpaired) electrons. The molecule has 0 bridgehead atoms. The van der Waals surface area contributed by atoms with Crippen LogP contribution in [-0.2, 0) is 16.0 Å². The molecule has 0 saturated carbocycles. The number of anilines is 1. The fraction of sp³-hybridized carbons (Fsp3) is 0.654. The molecule has 1 aromatic heterocycles. The summed E-state index contributed by atoms with van der Waals surface area (Å²) in [5, 5.41) is 15.5. The topological polar surface area (TPSA) is 74.4 Å². The number of rotatable bonds is 12. The number of aromatic nitrogens is 1. The quantitative estimate of drug-likeness (QED) is 0.506. The predicted molar refractivity (Wildman–Crippen MR) is 133 cm³/mol. The van der Waals surface area contributed by atoms with Gasteiger partial charge >= 0.3 is 0 Å². The lowest BCUT2D eigenvalue weighted by atomic mass is 10.1. The Bertz CT molecular complexity index is 846. The van der Waals surface area contributed by atoms with Crippen molar-refractivity contribution < 1.29 is 19.1 Å². The van der Waals surface area contributed by atoms with E-state index in [1.165, 1.54) is 0 Å². The molecule has 8 nitrogen and oxygen atoms in total. The van der Waals surface area contributed by atoms with Gasteiger partial charge in [-0.2, -0.15) is 0 Å². The molecule has 2 aliphatic rings. The van der Waals surface area contributed by atoms with Crippen LogP contribution in [0.3, 0.4) is 0 Å². The molecule has 1 N–H and O–H groups in total. The molecule has 2 atom stereocenters. The monoisotopic (exact) mass is 472 g/mol. The molecule has 1 aromatic carbocycles. The largest absolute Gasteiger partial charge is 0.390 e. The lowest BCUT2D eigenvalue weighted by Gasteiger charge is -2.32. The minimum atomic E-state index is -0.448. The van der Waals surface area contributed by atoms with E-state index in [4.69, 9.17) is 14.0 Å². The molecular formula is C26H40N4O4. The predicted octanol–water partition coefficient (Wildman–Crippen LogP) is 2.86. The van der Waals surface area contributed by atoms with Gasteiger partial charge in [0.2, 0.25) is 5.88 Å². The van der Waals surface area contributed by atoms with Gasteiger partial charge in [0, 0.05) is 64.5 Å². The minimum Gasteiger partial charge on any atom is -0.390 e. The summed E-state index contributed by atoms with van der Waals surface area (Å²) in [7, 11) is 0. The standard InChI is InChI=1S/C26H40N4O4/c1-3-30(4-2)26-24(25(27-34-26)21-9-6-5-7-10-21)20-29(19-23-11-8-14-33-23)18-22(31)17-28-12-15-32-16-13-28/h5-7,9-10,22-23,31H,3-4,8,11-20H2,1-2H3/t22-,23-/m0/s1. The van der Waals surface area contributed by atoms with Crippen LogP contribution in [-0.4, -0.2) is 97.9 Å². The highest BCUT2D eigenvalue weighted by Gasteiger charge is 2.27. The summed E-state index contributed by atoms with van der Waals surface area (Å²) >= 11 is 0. The Kier molecular flexibility index (Phi) is 9.35. The van der Waals surface area contributed by atoms with Gasteiger partial charge in [0.25, 0.3) is 0 Å². The van der Waals surface area contributed by atoms with E-state index in [1.807, 2.05) is 18.2 Å². The van der Waals surface area contributed by atoms with Gasteiger partial charge in [0.1, 0.15) is 5.69 Å². The number of β-amino-alcohol motifs (C(OH)–C–C–N with tert-alkyl or cyclic N) is 1. The minimum absolute atomic E-state index is 0.201. The van der Waals surface area contributed by atoms with E-state index >= 15 is 0 Å². The van der Waals surface area contributed by atoms with Crippen molar-refractivity contribution in [2.45, 2.75) is 45.4 Å². The van der Waals surface area contributed by atoms with Crippen LogP contribution in [0.5, 0.6) is 0 Å². The first-order chi connectivity index (χ1) is 16.7. The highest BCUT2D eigenvalue weighted by Crippen LogP contribution is 2.33. The van der Waals surface area contributed by atoms with Gasteiger partial charge in [0.05, 0.1) is 31.0 Å². The van der Waals surface area contributed by atoms with Crippen molar-refractivity contribution in [2.75, 3.05) is 70.5 Å². The zero-order valence-electron chi connectivity index (χ0n) is 20.7. The zero-order valence-corrected chi connectivity index (χ0v) is 20.7. The second-order valence-corrected chi connectivity index (χ2v) is 9.25. The molecular weight excluding hydrogens is 432 g/mol. The molecule has 0 spiro atoms. The van der Waals surface area contributed by atoms with Crippen LogP contribution in [0.25, 0.3) is 11.3 Å². The third-order valence-corrected chi connectivity index (χ3v) is 6.77. The van der Waals surface area contributed by atoms with Crippen molar-refractivity contribution in [3.05, 3.63) is 35.9 Å². The van der Waals surface area contributed by atoms with E-state index in [0.29, 0.717) is 19.6 Å². The third-order valence-electron chi connectivity index (χ3n) is 6.77. The van der Waals surface area contributed by atoms with Gasteiger partial charge in [0.15, 0.2) is 0 Å². The highest BCUT2D eigenvalue weighted by atomic mass is 16.5. The summed E-state index contributed by atoms with van der Waals surface area (Å²) in [4.78, 5) is 6.82. The van der Waals surface area contributed by atoms with E-state index in [-0.39, 0.29) is 6.10 Å². The van der Waals surface area contributed by atoms with Gasteiger partial charge in [-0.25, -0.2) is 0 Å². The molecule has 8 heteroatoms. The lowest BCUT2D eigenvalue weighted by Crippen LogP contribution is -2.45. The van der Waals surface area contributed by atoms with Crippen molar-refractivity contribution >= 4 is 5.88 Å². The van der Waals surface area contributed by atoms with Gasteiger partial charge < -0.3 is 24.0 Å². The Morgan fingerprint density at radius 3 is 2.56 bits per heavy atom. The van der Waals surface area contributed by atoms with E-state index in [9.17, 15) is 5.11 Å². The Balaban J connectivity index is 1.56. The van der Waals surface area contributed by atoms with Crippen molar-refractivity contribution in [3.63, 3.8) is 0 Å². The van der Waals surface area contributed by atoms with Crippen LogP contribution in [0.1, 0.15) is 32.3 Å². The molecule has 0 aliphatic carbocycles. The SMILES string of the molecule is CCN(CC)c1onc(-c2ccccc2)c1CN(C[C@@H](O)CN1CCOCC1)C[C@@H]1CCCO1. The highest BCUT2D eigenvalue weighted by molar-refractivity contribution is 5.68. The summed E-state index contributed by atoms with van der Waals surface area (Å²) in [6.45, 7) is 12.7. The number of morpholine rings is 1. The molecule has 0 amide bonds. The average molecular weight is 473 g/mol. The Morgan fingerprint density at radius 2 is 1.88 bits per heavy atom. The van der Waals surface area contributed by atoms with E-state index < -0.39 is 6.10 Å². The third kappa shape index (κ3) is 6.58. The van der Waals surface area contributed by atoms with E-state index in [1.54, 1.807) is 0 Å². The van der Waals surface area contributed by atoms with Crippen molar-refractivity contribution in [1.82, 2.24) is 15.0 Å². The smallest absolute Gasteiger partial charge is 0.232 e. The first-order valence-electron chi connectivity index (χ1n) is 12.8. The van der Waals surface area contributed by atoms with Crippen LogP contribution >= 0.6 is 0 Å². The normalized spacial score (nSPS) is 20.2. The number of aliphatic hydroxyl groups excluding tert-OH is 1. The number of hydrogen-bond acceptors (Lipinski definition) is 8. The van der Waals surface area contributed by atoms with Crippen molar-refractivity contribution in [2.24, 2.45) is 0 Å². The van der Waals surface area contributed by atoms with Crippen molar-refractivity contribution in [3.8, 4) is 11.3 Å². The van der Waals surface area contributed by atoms with Gasteiger partial charge in [-0.3, -0.25) is 9.80 Å². The Hall–Kier alpha value is -1.97. The molecule has 3 heterocycles. The average Bonchev–Trinajstić information content (AvgIpc) is 3.52. The fourth-order valence-corrected chi connectivity index (χ4v) is 4.97. The lowest BCUT2D eigenvalue weighted by molar-refractivity contribution is -0.0000923. The molecule has 2 aliphatic heterocycles. The summed E-state index contributed by atoms with van der Waals surface area (Å²) in [6, 6.07) is 10.2. The molecule has 2 aromatic rings. The van der Waals surface area contributed by atoms with Crippen LogP contribution in [0.2, 0.25) is 0 Å². The van der Waals surface area contributed by atoms with Crippen LogP contribution in [0.4, 0.5) is 5.88 Å². The maximum absolute atomic E-state index is 11.0. The number of aliphatic hydroxyl groups is 1. The Morgan fingerprint density at radius 1 is 1.12 bits per heavy atom. The second-order valence-electron chi connectivity index (χ2n) is 9.25. The molecule has 34 heavy (non-hydrogen) atoms. The molecule has 188 valence electrons. The first-order valence-corrected chi connectivity index (χ1v) is 12.8. The molecule has 4 rings (SSSR count). The maximum Gasteiger partial charge on any atom is 0.232 e. The summed E-state index contributed by atoms with van der Waals surface area (Å²) < 4.78 is 17.4. The number of ether oxygens (including phenoxy) is 2. The first kappa shape index (κ1) is 25.1. The van der Waals surface area contributed by atoms with Gasteiger partial charge in [-0.15, -0.1) is 0 Å². The van der Waals surface area contributed by atoms with Crippen molar-refractivity contribution in [1.29, 1.82) is 0 Å². The van der Waals surface area contributed by atoms with Gasteiger partial charge in [-0.1, -0.05) is 35.5 Å². The second kappa shape index (κ2) is 12.7. The molecule has 2 fully saturated rings. The zero-order chi connectivity index (χ0) is 23.8. The maximum atomic E-state index is 11.0. The van der Waals surface area contributed by atoms with E-state index in [2.05, 4.69) is 45.8 Å². The number of nitrogens with zero attached hydrogens (tertiary/aromatic N) is 4. The molecule has 0 unspecified atom stereocenters. The number of hydrogen-bond donors (Lipinski definition) is 1. The van der Waals surface area contributed by atoms with Crippen LogP contribution in [0.15, 0.2) is 34.9 Å². The number of benzene rings is 1. The summed E-state index contributed by atoms with van der Waals surface area (Å²) in [6.07, 6.45) is 1.92. The van der Waals surface area contributed by atoms with E-state index in [0.717, 1.165) is 88.1 Å². The fourth-order valence-electron chi connectivity index (χ4n) is 4.97. The molecule has 2 saturated heterocycles. The van der Waals surface area contributed by atoms with Crippen LogP contribution < -0.4 is 4.90 Å². The van der Waals surface area contributed by atoms with Gasteiger partial charge in [-0.05, 0) is 26.7 Å². The summed E-state index contributed by atoms with van der Waals surface area (Å²) in [5.74, 6) is 0.823. The van der Waals surface area contributed by atoms with Crippen LogP contribution in [0, 0.1) is 0 Å². The Labute approximate surface area is 203 Å².